The van der Waals surface area contributed by atoms with Crippen LogP contribution in [0.2, 0.25) is 0 Å². The molecule has 2 N–H and O–H groups in total. The minimum absolute atomic E-state index is 0.408. The Morgan fingerprint density at radius 1 is 1.14 bits per heavy atom. The Kier molecular flexibility index (Phi) is 2.14. The molecule has 0 spiro atoms. The number of ether oxygens (including phenoxy) is 1. The van der Waals surface area contributed by atoms with Crippen LogP contribution in [0.5, 0.6) is 5.75 Å². The summed E-state index contributed by atoms with van der Waals surface area (Å²) in [7, 11) is 1.63. The molecule has 0 amide bonds. The van der Waals surface area contributed by atoms with Gasteiger partial charge in [-0.15, -0.1) is 0 Å². The van der Waals surface area contributed by atoms with Gasteiger partial charge in [-0.2, -0.15) is 0 Å². The number of methoxy groups -OCH3 is 1. The van der Waals surface area contributed by atoms with Crippen LogP contribution in [0.25, 0.3) is 11.3 Å². The van der Waals surface area contributed by atoms with Crippen LogP contribution in [-0.4, -0.2) is 7.11 Å². The highest BCUT2D eigenvalue weighted by Gasteiger charge is 2.07. The van der Waals surface area contributed by atoms with E-state index in [1.807, 2.05) is 30.3 Å². The lowest BCUT2D eigenvalue weighted by Crippen LogP contribution is -1.85. The highest BCUT2D eigenvalue weighted by Crippen LogP contribution is 2.31. The smallest absolute Gasteiger partial charge is 0.190 e. The second-order valence-electron chi connectivity index (χ2n) is 2.90. The maximum absolute atomic E-state index is 5.50. The predicted molar refractivity (Wildman–Crippen MR) is 55.1 cm³/mol. The standard InChI is InChI=1S/C11H11NO2/c1-13-9-5-3-2-4-8(9)10-6-7-11(12)14-10/h2-7H,12H2,1H3. The molecule has 0 aliphatic rings. The molecule has 72 valence electrons. The quantitative estimate of drug-likeness (QED) is 0.789. The van der Waals surface area contributed by atoms with Crippen molar-refractivity contribution in [2.45, 2.75) is 0 Å². The van der Waals surface area contributed by atoms with Crippen molar-refractivity contribution in [3.63, 3.8) is 0 Å². The van der Waals surface area contributed by atoms with E-state index >= 15 is 0 Å². The minimum atomic E-state index is 0.408. The fourth-order valence-corrected chi connectivity index (χ4v) is 1.35. The molecule has 3 heteroatoms. The SMILES string of the molecule is COc1ccccc1-c1ccc(N)o1. The van der Waals surface area contributed by atoms with Crippen LogP contribution in [-0.2, 0) is 0 Å². The molecule has 1 aromatic heterocycles. The number of nitrogens with two attached hydrogens (primary N) is 1. The Bertz CT molecular complexity index is 434. The molecular weight excluding hydrogens is 178 g/mol. The lowest BCUT2D eigenvalue weighted by atomic mass is 10.1. The normalized spacial score (nSPS) is 10.1. The predicted octanol–water partition coefficient (Wildman–Crippen LogP) is 2.54. The number of para-hydroxylation sites is 1. The molecule has 0 aliphatic carbocycles. The molecule has 0 saturated carbocycles. The molecule has 2 rings (SSSR count). The van der Waals surface area contributed by atoms with Gasteiger partial charge in [-0.1, -0.05) is 12.1 Å². The average molecular weight is 189 g/mol. The van der Waals surface area contributed by atoms with E-state index in [1.54, 1.807) is 13.2 Å². The average Bonchev–Trinajstić information content (AvgIpc) is 2.65. The van der Waals surface area contributed by atoms with Gasteiger partial charge in [0.2, 0.25) is 0 Å². The summed E-state index contributed by atoms with van der Waals surface area (Å²) in [4.78, 5) is 0. The molecule has 1 heterocycles. The third-order valence-corrected chi connectivity index (χ3v) is 2.00. The molecular formula is C11H11NO2. The number of rotatable bonds is 2. The summed E-state index contributed by atoms with van der Waals surface area (Å²) in [5, 5.41) is 0. The van der Waals surface area contributed by atoms with Crippen molar-refractivity contribution in [3.8, 4) is 17.1 Å². The molecule has 14 heavy (non-hydrogen) atoms. The summed E-state index contributed by atoms with van der Waals surface area (Å²) >= 11 is 0. The summed E-state index contributed by atoms with van der Waals surface area (Å²) < 4.78 is 10.5. The number of nitrogen functional groups attached to an aromatic ring is 1. The van der Waals surface area contributed by atoms with E-state index in [-0.39, 0.29) is 0 Å². The summed E-state index contributed by atoms with van der Waals surface area (Å²) in [5.41, 5.74) is 6.41. The Labute approximate surface area is 82.1 Å². The van der Waals surface area contributed by atoms with E-state index in [0.29, 0.717) is 5.88 Å². The second-order valence-corrected chi connectivity index (χ2v) is 2.90. The van der Waals surface area contributed by atoms with E-state index < -0.39 is 0 Å². The van der Waals surface area contributed by atoms with Crippen molar-refractivity contribution < 1.29 is 9.15 Å². The third-order valence-electron chi connectivity index (χ3n) is 2.00. The van der Waals surface area contributed by atoms with Crippen LogP contribution < -0.4 is 10.5 Å². The van der Waals surface area contributed by atoms with Crippen molar-refractivity contribution in [2.24, 2.45) is 0 Å². The van der Waals surface area contributed by atoms with Crippen molar-refractivity contribution in [3.05, 3.63) is 36.4 Å². The summed E-state index contributed by atoms with van der Waals surface area (Å²) in [6, 6.07) is 11.2. The summed E-state index contributed by atoms with van der Waals surface area (Å²) in [5.74, 6) is 1.91. The molecule has 2 aromatic rings. The fourth-order valence-electron chi connectivity index (χ4n) is 1.35. The third kappa shape index (κ3) is 1.44. The maximum atomic E-state index is 5.50. The lowest BCUT2D eigenvalue weighted by Gasteiger charge is -2.04. The number of furan rings is 1. The van der Waals surface area contributed by atoms with Gasteiger partial charge >= 0.3 is 0 Å². The van der Waals surface area contributed by atoms with Crippen molar-refractivity contribution in [1.29, 1.82) is 0 Å². The zero-order chi connectivity index (χ0) is 9.97. The van der Waals surface area contributed by atoms with Crippen LogP contribution in [0, 0.1) is 0 Å². The molecule has 3 nitrogen and oxygen atoms in total. The van der Waals surface area contributed by atoms with E-state index in [4.69, 9.17) is 14.9 Å². The van der Waals surface area contributed by atoms with Gasteiger partial charge in [-0.05, 0) is 18.2 Å². The first kappa shape index (κ1) is 8.69. The Balaban J connectivity index is 2.50. The van der Waals surface area contributed by atoms with Gasteiger partial charge in [0.1, 0.15) is 11.5 Å². The molecule has 0 atom stereocenters. The molecule has 0 unspecified atom stereocenters. The van der Waals surface area contributed by atoms with Crippen LogP contribution >= 0.6 is 0 Å². The van der Waals surface area contributed by atoms with E-state index in [2.05, 4.69) is 0 Å². The zero-order valence-electron chi connectivity index (χ0n) is 7.86. The first-order valence-electron chi connectivity index (χ1n) is 4.30. The topological polar surface area (TPSA) is 48.4 Å². The molecule has 0 aliphatic heterocycles. The van der Waals surface area contributed by atoms with Gasteiger partial charge in [0.05, 0.1) is 12.7 Å². The van der Waals surface area contributed by atoms with Gasteiger partial charge in [-0.25, -0.2) is 0 Å². The Morgan fingerprint density at radius 3 is 2.57 bits per heavy atom. The summed E-state index contributed by atoms with van der Waals surface area (Å²) in [6.45, 7) is 0. The van der Waals surface area contributed by atoms with Gasteiger partial charge in [-0.3, -0.25) is 0 Å². The minimum Gasteiger partial charge on any atom is -0.496 e. The highest BCUT2D eigenvalue weighted by molar-refractivity contribution is 5.66. The van der Waals surface area contributed by atoms with Crippen LogP contribution in [0.3, 0.4) is 0 Å². The van der Waals surface area contributed by atoms with Gasteiger partial charge in [0, 0.05) is 6.07 Å². The molecule has 1 aromatic carbocycles. The fraction of sp³-hybridized carbons (Fsp3) is 0.0909. The monoisotopic (exact) mass is 189 g/mol. The van der Waals surface area contributed by atoms with Crippen LogP contribution in [0.4, 0.5) is 5.88 Å². The van der Waals surface area contributed by atoms with Gasteiger partial charge in [0.25, 0.3) is 0 Å². The zero-order valence-corrected chi connectivity index (χ0v) is 7.86. The van der Waals surface area contributed by atoms with E-state index in [0.717, 1.165) is 17.1 Å². The first-order valence-corrected chi connectivity index (χ1v) is 4.30. The molecule has 0 radical (unpaired) electrons. The Morgan fingerprint density at radius 2 is 1.93 bits per heavy atom. The number of hydrogen-bond acceptors (Lipinski definition) is 3. The lowest BCUT2D eigenvalue weighted by molar-refractivity contribution is 0.415. The molecule has 0 fully saturated rings. The molecule has 0 bridgehead atoms. The van der Waals surface area contributed by atoms with Crippen molar-refractivity contribution in [2.75, 3.05) is 12.8 Å². The largest absolute Gasteiger partial charge is 0.496 e. The van der Waals surface area contributed by atoms with Crippen LogP contribution in [0.1, 0.15) is 0 Å². The van der Waals surface area contributed by atoms with Gasteiger partial charge < -0.3 is 14.9 Å². The Hall–Kier alpha value is -1.90. The number of hydrogen-bond donors (Lipinski definition) is 1. The maximum Gasteiger partial charge on any atom is 0.190 e. The van der Waals surface area contributed by atoms with Crippen molar-refractivity contribution >= 4 is 5.88 Å². The molecule has 0 saturated heterocycles. The van der Waals surface area contributed by atoms with E-state index in [1.165, 1.54) is 0 Å². The van der Waals surface area contributed by atoms with Crippen molar-refractivity contribution in [1.82, 2.24) is 0 Å². The number of benzene rings is 1. The van der Waals surface area contributed by atoms with Gasteiger partial charge in [0.15, 0.2) is 5.88 Å². The highest BCUT2D eigenvalue weighted by atomic mass is 16.5. The second kappa shape index (κ2) is 3.46. The number of anilines is 1. The summed E-state index contributed by atoms with van der Waals surface area (Å²) in [6.07, 6.45) is 0. The van der Waals surface area contributed by atoms with Crippen LogP contribution in [0.15, 0.2) is 40.8 Å². The first-order chi connectivity index (χ1) is 6.81. The van der Waals surface area contributed by atoms with E-state index in [9.17, 15) is 0 Å².